The Morgan fingerprint density at radius 3 is 3.00 bits per heavy atom. The maximum atomic E-state index is 11.9. The zero-order chi connectivity index (χ0) is 12.3. The predicted molar refractivity (Wildman–Crippen MR) is 67.9 cm³/mol. The molecule has 0 bridgehead atoms. The van der Waals surface area contributed by atoms with Crippen LogP contribution in [-0.2, 0) is 6.42 Å². The molecule has 0 fully saturated rings. The summed E-state index contributed by atoms with van der Waals surface area (Å²) in [7, 11) is 0. The van der Waals surface area contributed by atoms with Crippen LogP contribution in [0.15, 0.2) is 29.0 Å². The van der Waals surface area contributed by atoms with Gasteiger partial charge >= 0.3 is 0 Å². The fourth-order valence-corrected chi connectivity index (χ4v) is 1.70. The number of nitrogens with zero attached hydrogens (tertiary/aromatic N) is 2. The Hall–Kier alpha value is -1.69. The largest absolute Gasteiger partial charge is 0.305 e. The lowest BCUT2D eigenvalue weighted by Gasteiger charge is -2.01. The average molecular weight is 295 g/mol. The number of hydrogen-bond acceptors (Lipinski definition) is 3. The van der Waals surface area contributed by atoms with Crippen LogP contribution in [0.25, 0.3) is 0 Å². The summed E-state index contributed by atoms with van der Waals surface area (Å²) in [6, 6.07) is 5.12. The Labute approximate surface area is 107 Å². The summed E-state index contributed by atoms with van der Waals surface area (Å²) in [5.74, 6) is 0.321. The van der Waals surface area contributed by atoms with Gasteiger partial charge in [-0.1, -0.05) is 6.92 Å². The third kappa shape index (κ3) is 2.91. The molecular formula is C11H11BrN4O. The summed E-state index contributed by atoms with van der Waals surface area (Å²) in [5, 5.41) is 9.54. The highest BCUT2D eigenvalue weighted by Crippen LogP contribution is 2.11. The summed E-state index contributed by atoms with van der Waals surface area (Å²) < 4.78 is 0.626. The second-order valence-electron chi connectivity index (χ2n) is 3.45. The van der Waals surface area contributed by atoms with Crippen LogP contribution in [0.2, 0.25) is 0 Å². The van der Waals surface area contributed by atoms with Crippen LogP contribution in [0, 0.1) is 0 Å². The number of H-pyrrole nitrogens is 1. The van der Waals surface area contributed by atoms with Gasteiger partial charge in [0.2, 0.25) is 0 Å². The van der Waals surface area contributed by atoms with Gasteiger partial charge in [0, 0.05) is 23.5 Å². The van der Waals surface area contributed by atoms with Crippen LogP contribution in [0.5, 0.6) is 0 Å². The maximum Gasteiger partial charge on any atom is 0.257 e. The van der Waals surface area contributed by atoms with E-state index in [1.54, 1.807) is 18.3 Å². The Kier molecular flexibility index (Phi) is 3.53. The molecule has 0 saturated carbocycles. The van der Waals surface area contributed by atoms with Crippen LogP contribution < -0.4 is 5.32 Å². The van der Waals surface area contributed by atoms with Crippen molar-refractivity contribution >= 4 is 27.7 Å². The minimum absolute atomic E-state index is 0.206. The van der Waals surface area contributed by atoms with Gasteiger partial charge in [-0.15, -0.1) is 0 Å². The summed E-state index contributed by atoms with van der Waals surface area (Å²) in [6.45, 7) is 2.01. The van der Waals surface area contributed by atoms with Crippen molar-refractivity contribution in [2.24, 2.45) is 0 Å². The third-order valence-corrected chi connectivity index (χ3v) is 2.68. The Morgan fingerprint density at radius 1 is 1.53 bits per heavy atom. The van der Waals surface area contributed by atoms with Crippen LogP contribution >= 0.6 is 15.9 Å². The van der Waals surface area contributed by atoms with Crippen LogP contribution in [0.1, 0.15) is 23.0 Å². The molecule has 0 spiro atoms. The molecule has 2 aromatic heterocycles. The van der Waals surface area contributed by atoms with E-state index in [1.807, 2.05) is 13.0 Å². The standard InChI is InChI=1S/C11H11BrN4O/c1-2-8-6-10(16-15-8)14-11(17)7-3-4-13-9(12)5-7/h3-6H,2H2,1H3,(H2,14,15,16,17). The minimum atomic E-state index is -0.206. The number of pyridine rings is 1. The van der Waals surface area contributed by atoms with E-state index in [2.05, 4.69) is 36.4 Å². The quantitative estimate of drug-likeness (QED) is 0.854. The molecule has 1 amide bonds. The number of amides is 1. The molecule has 0 aliphatic carbocycles. The molecule has 88 valence electrons. The van der Waals surface area contributed by atoms with E-state index < -0.39 is 0 Å². The average Bonchev–Trinajstić information content (AvgIpc) is 2.77. The number of rotatable bonds is 3. The van der Waals surface area contributed by atoms with Crippen molar-refractivity contribution < 1.29 is 4.79 Å². The smallest absolute Gasteiger partial charge is 0.257 e. The molecule has 5 nitrogen and oxygen atoms in total. The van der Waals surface area contributed by atoms with E-state index in [0.717, 1.165) is 12.1 Å². The van der Waals surface area contributed by atoms with Crippen molar-refractivity contribution in [1.29, 1.82) is 0 Å². The van der Waals surface area contributed by atoms with Gasteiger partial charge < -0.3 is 5.32 Å². The SMILES string of the molecule is CCc1cc(NC(=O)c2ccnc(Br)c2)n[nH]1. The zero-order valence-electron chi connectivity index (χ0n) is 9.20. The Morgan fingerprint density at radius 2 is 2.35 bits per heavy atom. The lowest BCUT2D eigenvalue weighted by Crippen LogP contribution is -2.12. The van der Waals surface area contributed by atoms with Gasteiger partial charge in [0.1, 0.15) is 4.60 Å². The van der Waals surface area contributed by atoms with E-state index in [-0.39, 0.29) is 5.91 Å². The van der Waals surface area contributed by atoms with Gasteiger partial charge in [0.15, 0.2) is 5.82 Å². The van der Waals surface area contributed by atoms with E-state index in [1.165, 1.54) is 0 Å². The molecule has 2 heterocycles. The van der Waals surface area contributed by atoms with E-state index in [4.69, 9.17) is 0 Å². The second-order valence-corrected chi connectivity index (χ2v) is 4.27. The summed E-state index contributed by atoms with van der Waals surface area (Å²) in [4.78, 5) is 15.8. The Bertz CT molecular complexity index is 538. The lowest BCUT2D eigenvalue weighted by atomic mass is 10.2. The number of anilines is 1. The van der Waals surface area contributed by atoms with Gasteiger partial charge in [0.25, 0.3) is 5.91 Å². The van der Waals surface area contributed by atoms with Crippen LogP contribution in [-0.4, -0.2) is 21.1 Å². The van der Waals surface area contributed by atoms with Gasteiger partial charge in [-0.2, -0.15) is 5.10 Å². The van der Waals surface area contributed by atoms with Crippen molar-refractivity contribution in [2.75, 3.05) is 5.32 Å². The van der Waals surface area contributed by atoms with Crippen molar-refractivity contribution in [2.45, 2.75) is 13.3 Å². The number of aryl methyl sites for hydroxylation is 1. The fraction of sp³-hybridized carbons (Fsp3) is 0.182. The van der Waals surface area contributed by atoms with E-state index in [9.17, 15) is 4.79 Å². The number of carbonyl (C=O) groups excluding carboxylic acids is 1. The highest BCUT2D eigenvalue weighted by atomic mass is 79.9. The molecular weight excluding hydrogens is 284 g/mol. The highest BCUT2D eigenvalue weighted by molar-refractivity contribution is 9.10. The number of hydrogen-bond donors (Lipinski definition) is 2. The number of halogens is 1. The minimum Gasteiger partial charge on any atom is -0.305 e. The van der Waals surface area contributed by atoms with Crippen molar-refractivity contribution in [3.63, 3.8) is 0 Å². The zero-order valence-corrected chi connectivity index (χ0v) is 10.8. The maximum absolute atomic E-state index is 11.9. The lowest BCUT2D eigenvalue weighted by molar-refractivity contribution is 0.102. The first kappa shape index (κ1) is 11.8. The molecule has 0 unspecified atom stereocenters. The molecule has 0 radical (unpaired) electrons. The number of nitrogens with one attached hydrogen (secondary N) is 2. The second kappa shape index (κ2) is 5.09. The van der Waals surface area contributed by atoms with Gasteiger partial charge in [-0.05, 0) is 34.5 Å². The molecule has 17 heavy (non-hydrogen) atoms. The summed E-state index contributed by atoms with van der Waals surface area (Å²) >= 11 is 3.22. The first-order valence-electron chi connectivity index (χ1n) is 5.16. The van der Waals surface area contributed by atoms with Crippen LogP contribution in [0.3, 0.4) is 0 Å². The molecule has 6 heteroatoms. The first-order valence-corrected chi connectivity index (χ1v) is 5.95. The molecule has 2 N–H and O–H groups in total. The number of carbonyl (C=O) groups is 1. The normalized spacial score (nSPS) is 10.2. The van der Waals surface area contributed by atoms with Gasteiger partial charge in [-0.3, -0.25) is 9.89 Å². The molecule has 0 aromatic carbocycles. The molecule has 0 aliphatic heterocycles. The topological polar surface area (TPSA) is 70.7 Å². The van der Waals surface area contributed by atoms with Crippen molar-refractivity contribution in [1.82, 2.24) is 15.2 Å². The van der Waals surface area contributed by atoms with Gasteiger partial charge in [0.05, 0.1) is 0 Å². The Balaban J connectivity index is 2.11. The van der Waals surface area contributed by atoms with Crippen molar-refractivity contribution in [3.05, 3.63) is 40.3 Å². The first-order chi connectivity index (χ1) is 8.19. The predicted octanol–water partition coefficient (Wildman–Crippen LogP) is 2.38. The molecule has 0 saturated heterocycles. The van der Waals surface area contributed by atoms with Crippen LogP contribution in [0.4, 0.5) is 5.82 Å². The molecule has 0 atom stereocenters. The third-order valence-electron chi connectivity index (χ3n) is 2.24. The molecule has 2 rings (SSSR count). The molecule has 0 aliphatic rings. The van der Waals surface area contributed by atoms with E-state index >= 15 is 0 Å². The van der Waals surface area contributed by atoms with Gasteiger partial charge in [-0.25, -0.2) is 4.98 Å². The van der Waals surface area contributed by atoms with Crippen molar-refractivity contribution in [3.8, 4) is 0 Å². The highest BCUT2D eigenvalue weighted by Gasteiger charge is 2.08. The summed E-state index contributed by atoms with van der Waals surface area (Å²) in [5.41, 5.74) is 1.52. The fourth-order valence-electron chi connectivity index (χ4n) is 1.34. The molecule has 2 aromatic rings. The number of aromatic amines is 1. The summed E-state index contributed by atoms with van der Waals surface area (Å²) in [6.07, 6.45) is 2.42. The van der Waals surface area contributed by atoms with E-state index in [0.29, 0.717) is 16.0 Å². The monoisotopic (exact) mass is 294 g/mol. The number of aromatic nitrogens is 3.